The summed E-state index contributed by atoms with van der Waals surface area (Å²) in [5, 5.41) is 0.673. The molecule has 0 unspecified atom stereocenters. The Morgan fingerprint density at radius 2 is 1.79 bits per heavy atom. The van der Waals surface area contributed by atoms with Gasteiger partial charge in [-0.1, -0.05) is 41.9 Å². The average molecular weight is 392 g/mol. The van der Waals surface area contributed by atoms with Crippen molar-refractivity contribution in [2.45, 2.75) is 6.92 Å². The van der Waals surface area contributed by atoms with Crippen LogP contribution in [0.25, 0.3) is 22.3 Å². The Kier molecular flexibility index (Phi) is 4.67. The van der Waals surface area contributed by atoms with Gasteiger partial charge < -0.3 is 9.15 Å². The van der Waals surface area contributed by atoms with Crippen LogP contribution >= 0.6 is 11.6 Å². The number of rotatable bonds is 3. The Bertz CT molecular complexity index is 1230. The van der Waals surface area contributed by atoms with Crippen LogP contribution in [0.15, 0.2) is 76.2 Å². The second-order valence-electron chi connectivity index (χ2n) is 6.18. The quantitative estimate of drug-likeness (QED) is 0.458. The van der Waals surface area contributed by atoms with Gasteiger partial charge in [-0.3, -0.25) is 9.78 Å². The molecule has 2 heterocycles. The minimum Gasteiger partial charge on any atom is -0.452 e. The summed E-state index contributed by atoms with van der Waals surface area (Å²) >= 11 is 6.18. The predicted octanol–water partition coefficient (Wildman–Crippen LogP) is 5.04. The highest BCUT2D eigenvalue weighted by atomic mass is 35.5. The molecule has 0 radical (unpaired) electrons. The lowest BCUT2D eigenvalue weighted by molar-refractivity contribution is 0.0731. The number of fused-ring (bicyclic) bond motifs is 1. The van der Waals surface area contributed by atoms with E-state index >= 15 is 0 Å². The van der Waals surface area contributed by atoms with Crippen molar-refractivity contribution in [2.24, 2.45) is 0 Å². The Morgan fingerprint density at radius 3 is 2.50 bits per heavy atom. The van der Waals surface area contributed by atoms with Crippen molar-refractivity contribution in [1.29, 1.82) is 0 Å². The fourth-order valence-electron chi connectivity index (χ4n) is 2.81. The molecule has 4 rings (SSSR count). The number of hydrogen-bond donors (Lipinski definition) is 0. The van der Waals surface area contributed by atoms with Crippen molar-refractivity contribution in [3.8, 4) is 17.1 Å². The van der Waals surface area contributed by atoms with Crippen molar-refractivity contribution in [3.63, 3.8) is 0 Å². The molecule has 0 aliphatic carbocycles. The van der Waals surface area contributed by atoms with E-state index < -0.39 is 11.4 Å². The van der Waals surface area contributed by atoms with Gasteiger partial charge in [0, 0.05) is 23.0 Å². The fraction of sp³-hybridized carbons (Fsp3) is 0.0455. The maximum atomic E-state index is 13.1. The molecule has 28 heavy (non-hydrogen) atoms. The highest BCUT2D eigenvalue weighted by Gasteiger charge is 2.21. The zero-order valence-corrected chi connectivity index (χ0v) is 15.6. The summed E-state index contributed by atoms with van der Waals surface area (Å²) in [7, 11) is 0. The zero-order chi connectivity index (χ0) is 19.7. The Labute approximate surface area is 165 Å². The number of benzene rings is 2. The lowest BCUT2D eigenvalue weighted by Gasteiger charge is -2.11. The van der Waals surface area contributed by atoms with E-state index in [1.165, 1.54) is 30.6 Å². The van der Waals surface area contributed by atoms with Crippen molar-refractivity contribution >= 4 is 28.5 Å². The van der Waals surface area contributed by atoms with Gasteiger partial charge in [-0.2, -0.15) is 0 Å². The number of halogens is 1. The highest BCUT2D eigenvalue weighted by molar-refractivity contribution is 6.32. The summed E-state index contributed by atoms with van der Waals surface area (Å²) in [6.45, 7) is 1.82. The zero-order valence-electron chi connectivity index (χ0n) is 14.8. The van der Waals surface area contributed by atoms with E-state index in [9.17, 15) is 9.59 Å². The Hall–Kier alpha value is -3.44. The number of aromatic nitrogens is 1. The molecule has 0 fully saturated rings. The number of esters is 1. The molecule has 0 amide bonds. The molecule has 0 bridgehead atoms. The van der Waals surface area contributed by atoms with E-state index in [-0.39, 0.29) is 22.5 Å². The van der Waals surface area contributed by atoms with Crippen molar-refractivity contribution in [2.75, 3.05) is 0 Å². The van der Waals surface area contributed by atoms with Crippen LogP contribution in [-0.4, -0.2) is 11.0 Å². The molecule has 0 aliphatic rings. The van der Waals surface area contributed by atoms with Crippen molar-refractivity contribution in [3.05, 3.63) is 93.4 Å². The molecule has 0 spiro atoms. The number of carbonyl (C=O) groups is 1. The average Bonchev–Trinajstić information content (AvgIpc) is 2.72. The summed E-state index contributed by atoms with van der Waals surface area (Å²) in [6.07, 6.45) is 2.94. The molecule has 5 nitrogen and oxygen atoms in total. The van der Waals surface area contributed by atoms with Gasteiger partial charge in [0.15, 0.2) is 5.76 Å². The lowest BCUT2D eigenvalue weighted by Crippen LogP contribution is -2.16. The molecule has 0 saturated carbocycles. The van der Waals surface area contributed by atoms with E-state index in [0.29, 0.717) is 16.2 Å². The second-order valence-corrected chi connectivity index (χ2v) is 6.59. The molecule has 0 atom stereocenters. The summed E-state index contributed by atoms with van der Waals surface area (Å²) < 4.78 is 11.5. The van der Waals surface area contributed by atoms with E-state index in [1.807, 2.05) is 13.0 Å². The smallest absolute Gasteiger partial charge is 0.343 e. The summed E-state index contributed by atoms with van der Waals surface area (Å²) in [6, 6.07) is 15.2. The van der Waals surface area contributed by atoms with Gasteiger partial charge in [0.1, 0.15) is 5.58 Å². The first kappa shape index (κ1) is 17.9. The number of hydrogen-bond acceptors (Lipinski definition) is 5. The van der Waals surface area contributed by atoms with Gasteiger partial charge in [0.05, 0.1) is 10.9 Å². The van der Waals surface area contributed by atoms with E-state index in [0.717, 1.165) is 5.56 Å². The number of pyridine rings is 1. The maximum absolute atomic E-state index is 13.1. The normalized spacial score (nSPS) is 10.8. The van der Waals surface area contributed by atoms with Crippen LogP contribution in [0.4, 0.5) is 0 Å². The highest BCUT2D eigenvalue weighted by Crippen LogP contribution is 2.33. The Morgan fingerprint density at radius 1 is 1.07 bits per heavy atom. The van der Waals surface area contributed by atoms with Gasteiger partial charge in [0.25, 0.3) is 0 Å². The lowest BCUT2D eigenvalue weighted by atomic mass is 10.1. The standard InChI is InChI=1S/C22H14ClNO4/c1-13-11-18-16(12-17(13)23)19(25)21(20(27-18)14-5-3-2-4-6-14)28-22(26)15-7-9-24-10-8-15/h2-12H,1H3. The number of nitrogens with zero attached hydrogens (tertiary/aromatic N) is 1. The monoisotopic (exact) mass is 391 g/mol. The summed E-state index contributed by atoms with van der Waals surface area (Å²) in [5.41, 5.74) is 1.57. The van der Waals surface area contributed by atoms with E-state index in [1.54, 1.807) is 30.3 Å². The van der Waals surface area contributed by atoms with Crippen LogP contribution < -0.4 is 10.2 Å². The predicted molar refractivity (Wildman–Crippen MR) is 107 cm³/mol. The molecule has 138 valence electrons. The summed E-state index contributed by atoms with van der Waals surface area (Å²) in [4.78, 5) is 29.6. The maximum Gasteiger partial charge on any atom is 0.343 e. The summed E-state index contributed by atoms with van der Waals surface area (Å²) in [5.74, 6) is -0.674. The molecule has 4 aromatic rings. The minimum absolute atomic E-state index is 0.180. The first-order valence-electron chi connectivity index (χ1n) is 8.49. The minimum atomic E-state index is -0.676. The van der Waals surface area contributed by atoms with Gasteiger partial charge in [-0.15, -0.1) is 0 Å². The number of aryl methyl sites for hydroxylation is 1. The van der Waals surface area contributed by atoms with Crippen LogP contribution in [0.5, 0.6) is 5.75 Å². The third-order valence-corrected chi connectivity index (χ3v) is 4.68. The Balaban J connectivity index is 1.94. The number of ether oxygens (including phenoxy) is 1. The molecule has 0 N–H and O–H groups in total. The topological polar surface area (TPSA) is 69.4 Å². The van der Waals surface area contributed by atoms with Crippen LogP contribution in [0.2, 0.25) is 5.02 Å². The second kappa shape index (κ2) is 7.29. The fourth-order valence-corrected chi connectivity index (χ4v) is 2.97. The molecular weight excluding hydrogens is 378 g/mol. The van der Waals surface area contributed by atoms with E-state index in [4.69, 9.17) is 20.8 Å². The first-order valence-corrected chi connectivity index (χ1v) is 8.87. The number of carbonyl (C=O) groups excluding carboxylic acids is 1. The molecule has 6 heteroatoms. The third kappa shape index (κ3) is 3.28. The van der Waals surface area contributed by atoms with Crippen LogP contribution in [0, 0.1) is 6.92 Å². The molecule has 2 aromatic carbocycles. The van der Waals surface area contributed by atoms with Crippen LogP contribution in [0.1, 0.15) is 15.9 Å². The first-order chi connectivity index (χ1) is 13.5. The van der Waals surface area contributed by atoms with Crippen molar-refractivity contribution in [1.82, 2.24) is 4.98 Å². The van der Waals surface area contributed by atoms with Gasteiger partial charge in [-0.25, -0.2) is 4.79 Å². The van der Waals surface area contributed by atoms with Crippen molar-refractivity contribution < 1.29 is 13.9 Å². The van der Waals surface area contributed by atoms with Gasteiger partial charge in [0.2, 0.25) is 11.2 Å². The molecule has 2 aromatic heterocycles. The third-order valence-electron chi connectivity index (χ3n) is 4.28. The van der Waals surface area contributed by atoms with Gasteiger partial charge >= 0.3 is 5.97 Å². The largest absolute Gasteiger partial charge is 0.452 e. The van der Waals surface area contributed by atoms with Gasteiger partial charge in [-0.05, 0) is 36.8 Å². The van der Waals surface area contributed by atoms with Crippen LogP contribution in [-0.2, 0) is 0 Å². The molecular formula is C22H14ClNO4. The SMILES string of the molecule is Cc1cc2oc(-c3ccccc3)c(OC(=O)c3ccncc3)c(=O)c2cc1Cl. The van der Waals surface area contributed by atoms with Crippen LogP contribution in [0.3, 0.4) is 0 Å². The molecule has 0 aliphatic heterocycles. The molecule has 0 saturated heterocycles. The van der Waals surface area contributed by atoms with E-state index in [2.05, 4.69) is 4.98 Å².